The van der Waals surface area contributed by atoms with Gasteiger partial charge in [0.1, 0.15) is 16.1 Å². The van der Waals surface area contributed by atoms with E-state index in [1.165, 1.54) is 22.6 Å². The molecule has 2 aliphatic carbocycles. The van der Waals surface area contributed by atoms with Gasteiger partial charge < -0.3 is 15.2 Å². The number of fused-ring (bicyclic) bond motifs is 5. The van der Waals surface area contributed by atoms with Crippen LogP contribution in [0.3, 0.4) is 0 Å². The van der Waals surface area contributed by atoms with Crippen LogP contribution in [0.4, 0.5) is 5.00 Å². The SMILES string of the molecule is CN1CCC[C@H]1Cn1ncc2c(S(C)=O)nc(-c3noc4c3CCC[C@@]43CCCc4sc(N)c(C#N)c43)nc21. The number of nitrogens with zero attached hydrogens (tertiary/aromatic N) is 7. The number of likely N-dealkylation sites (tertiary alicyclic amines) is 1. The van der Waals surface area contributed by atoms with Crippen molar-refractivity contribution in [3.05, 3.63) is 33.5 Å². The number of thiophene rings is 1. The summed E-state index contributed by atoms with van der Waals surface area (Å²) in [5.74, 6) is 1.22. The van der Waals surface area contributed by atoms with Gasteiger partial charge in [-0.2, -0.15) is 10.4 Å². The molecule has 0 bridgehead atoms. The Morgan fingerprint density at radius 1 is 1.28 bits per heavy atom. The third-order valence-electron chi connectivity index (χ3n) is 8.86. The molecule has 3 atom stereocenters. The lowest BCUT2D eigenvalue weighted by molar-refractivity contribution is 0.265. The first-order valence-electron chi connectivity index (χ1n) is 13.5. The fourth-order valence-corrected chi connectivity index (χ4v) is 8.84. The van der Waals surface area contributed by atoms with E-state index >= 15 is 0 Å². The highest BCUT2D eigenvalue weighted by molar-refractivity contribution is 7.84. The molecular weight excluding hydrogens is 532 g/mol. The second-order valence-corrected chi connectivity index (χ2v) is 13.5. The van der Waals surface area contributed by atoms with Gasteiger partial charge in [0.25, 0.3) is 0 Å². The Kier molecular flexibility index (Phi) is 5.88. The molecule has 5 heterocycles. The third-order valence-corrected chi connectivity index (χ3v) is 10.8. The zero-order valence-corrected chi connectivity index (χ0v) is 23.7. The van der Waals surface area contributed by atoms with Gasteiger partial charge in [0, 0.05) is 22.7 Å². The highest BCUT2D eigenvalue weighted by Crippen LogP contribution is 2.55. The van der Waals surface area contributed by atoms with Crippen molar-refractivity contribution in [1.29, 1.82) is 5.26 Å². The standard InChI is InChI=1S/C27H30N8O2S2/c1-34-11-5-6-15(34)14-35-25-18(13-30-35)26(39(2)36)32-24(31-25)21-16-7-3-9-27(22(16)37-33-21)10-4-8-19-20(27)17(12-28)23(29)38-19/h13,15H,3-11,14,29H2,1-2H3/t15-,27-,39?/m0/s1. The molecule has 3 aliphatic rings. The fourth-order valence-electron chi connectivity index (χ4n) is 7.01. The molecule has 4 aromatic heterocycles. The monoisotopic (exact) mass is 562 g/mol. The smallest absolute Gasteiger partial charge is 0.185 e. The first kappa shape index (κ1) is 24.9. The summed E-state index contributed by atoms with van der Waals surface area (Å²) in [6, 6.07) is 2.76. The number of rotatable bonds is 4. The number of anilines is 1. The van der Waals surface area contributed by atoms with E-state index in [-0.39, 0.29) is 0 Å². The molecule has 10 nitrogen and oxygen atoms in total. The van der Waals surface area contributed by atoms with Gasteiger partial charge in [-0.3, -0.25) is 4.21 Å². The van der Waals surface area contributed by atoms with Crippen molar-refractivity contribution in [1.82, 2.24) is 29.8 Å². The number of aryl methyl sites for hydroxylation is 1. The normalized spacial score (nSPS) is 23.7. The minimum Gasteiger partial charge on any atom is -0.389 e. The summed E-state index contributed by atoms with van der Waals surface area (Å²) in [4.78, 5) is 13.3. The zero-order valence-electron chi connectivity index (χ0n) is 22.1. The maximum absolute atomic E-state index is 12.8. The van der Waals surface area contributed by atoms with E-state index in [1.54, 1.807) is 12.5 Å². The molecule has 0 saturated carbocycles. The molecule has 202 valence electrons. The van der Waals surface area contributed by atoms with Crippen LogP contribution in [0, 0.1) is 11.3 Å². The van der Waals surface area contributed by atoms with Gasteiger partial charge in [-0.05, 0) is 70.5 Å². The third kappa shape index (κ3) is 3.70. The van der Waals surface area contributed by atoms with Crippen LogP contribution >= 0.6 is 11.3 Å². The molecule has 0 amide bonds. The van der Waals surface area contributed by atoms with Crippen molar-refractivity contribution >= 4 is 38.2 Å². The number of nitriles is 1. The molecule has 1 spiro atoms. The second kappa shape index (κ2) is 9.21. The molecule has 4 aromatic rings. The van der Waals surface area contributed by atoms with E-state index in [2.05, 4.69) is 28.3 Å². The number of likely N-dealkylation sites (N-methyl/N-ethyl adjacent to an activating group) is 1. The molecule has 7 rings (SSSR count). The first-order valence-corrected chi connectivity index (χ1v) is 15.9. The van der Waals surface area contributed by atoms with Crippen LogP contribution in [0.2, 0.25) is 0 Å². The van der Waals surface area contributed by atoms with E-state index in [9.17, 15) is 9.47 Å². The van der Waals surface area contributed by atoms with E-state index in [1.807, 2.05) is 4.68 Å². The molecule has 0 radical (unpaired) electrons. The number of nitrogen functional groups attached to an aromatic ring is 1. The minimum absolute atomic E-state index is 0.384. The largest absolute Gasteiger partial charge is 0.389 e. The Hall–Kier alpha value is -3.14. The predicted octanol–water partition coefficient (Wildman–Crippen LogP) is 3.79. The molecule has 12 heteroatoms. The Labute approximate surface area is 232 Å². The lowest BCUT2D eigenvalue weighted by Gasteiger charge is -2.39. The summed E-state index contributed by atoms with van der Waals surface area (Å²) in [7, 11) is 0.803. The molecule has 39 heavy (non-hydrogen) atoms. The van der Waals surface area contributed by atoms with Crippen molar-refractivity contribution in [3.63, 3.8) is 0 Å². The van der Waals surface area contributed by atoms with Gasteiger partial charge in [-0.1, -0.05) is 5.16 Å². The highest BCUT2D eigenvalue weighted by atomic mass is 32.2. The van der Waals surface area contributed by atoms with E-state index in [0.717, 1.165) is 68.4 Å². The first-order chi connectivity index (χ1) is 18.9. The fraction of sp³-hybridized carbons (Fsp3) is 0.519. The predicted molar refractivity (Wildman–Crippen MR) is 149 cm³/mol. The number of nitrogens with two attached hydrogens (primary N) is 1. The average Bonchev–Trinajstić information content (AvgIpc) is 3.70. The van der Waals surface area contributed by atoms with Gasteiger partial charge in [0.15, 0.2) is 22.9 Å². The van der Waals surface area contributed by atoms with Crippen LogP contribution in [-0.4, -0.2) is 59.9 Å². The van der Waals surface area contributed by atoms with Crippen LogP contribution in [0.15, 0.2) is 15.7 Å². The maximum atomic E-state index is 12.8. The highest BCUT2D eigenvalue weighted by Gasteiger charge is 2.48. The molecule has 2 N–H and O–H groups in total. The topological polar surface area (TPSA) is 140 Å². The van der Waals surface area contributed by atoms with Crippen LogP contribution in [0.25, 0.3) is 22.6 Å². The van der Waals surface area contributed by atoms with Gasteiger partial charge in [0.05, 0.1) is 39.9 Å². The van der Waals surface area contributed by atoms with Crippen molar-refractivity contribution in [2.75, 3.05) is 25.6 Å². The van der Waals surface area contributed by atoms with E-state index < -0.39 is 16.2 Å². The van der Waals surface area contributed by atoms with Crippen LogP contribution in [0.1, 0.15) is 65.9 Å². The van der Waals surface area contributed by atoms with Crippen molar-refractivity contribution in [2.45, 2.75) is 74.4 Å². The van der Waals surface area contributed by atoms with Gasteiger partial charge >= 0.3 is 0 Å². The Morgan fingerprint density at radius 2 is 2.10 bits per heavy atom. The Morgan fingerprint density at radius 3 is 2.85 bits per heavy atom. The quantitative estimate of drug-likeness (QED) is 0.368. The molecule has 0 aromatic carbocycles. The number of hydrogen-bond donors (Lipinski definition) is 1. The summed E-state index contributed by atoms with van der Waals surface area (Å²) >= 11 is 1.53. The lowest BCUT2D eigenvalue weighted by atomic mass is 9.63. The average molecular weight is 563 g/mol. The number of hydrogen-bond acceptors (Lipinski definition) is 10. The van der Waals surface area contributed by atoms with Crippen LogP contribution in [-0.2, 0) is 35.6 Å². The summed E-state index contributed by atoms with van der Waals surface area (Å²) in [6.45, 7) is 1.79. The summed E-state index contributed by atoms with van der Waals surface area (Å²) in [5.41, 5.74) is 9.75. The molecule has 1 fully saturated rings. The van der Waals surface area contributed by atoms with Crippen molar-refractivity contribution < 1.29 is 8.73 Å². The Bertz CT molecular complexity index is 1680. The number of aromatic nitrogens is 5. The van der Waals surface area contributed by atoms with E-state index in [0.29, 0.717) is 50.7 Å². The lowest BCUT2D eigenvalue weighted by Crippen LogP contribution is -2.35. The molecule has 1 aliphatic heterocycles. The summed E-state index contributed by atoms with van der Waals surface area (Å²) < 4.78 is 20.9. The van der Waals surface area contributed by atoms with Crippen LogP contribution in [0.5, 0.6) is 0 Å². The minimum atomic E-state index is -1.34. The Balaban J connectivity index is 1.38. The van der Waals surface area contributed by atoms with Crippen molar-refractivity contribution in [3.8, 4) is 17.6 Å². The zero-order chi connectivity index (χ0) is 26.9. The van der Waals surface area contributed by atoms with Gasteiger partial charge in [0.2, 0.25) is 0 Å². The molecular formula is C27H30N8O2S2. The molecule has 1 unspecified atom stereocenters. The maximum Gasteiger partial charge on any atom is 0.185 e. The van der Waals surface area contributed by atoms with Gasteiger partial charge in [-0.15, -0.1) is 11.3 Å². The second-order valence-electron chi connectivity index (χ2n) is 11.0. The van der Waals surface area contributed by atoms with Crippen LogP contribution < -0.4 is 5.73 Å². The van der Waals surface area contributed by atoms with Crippen molar-refractivity contribution in [2.24, 2.45) is 0 Å². The van der Waals surface area contributed by atoms with Gasteiger partial charge in [-0.25, -0.2) is 14.6 Å². The summed E-state index contributed by atoms with van der Waals surface area (Å²) in [6.07, 6.45) is 11.1. The van der Waals surface area contributed by atoms with E-state index in [4.69, 9.17) is 20.2 Å². The molecule has 1 saturated heterocycles. The summed E-state index contributed by atoms with van der Waals surface area (Å²) in [5, 5.41) is 20.9.